The van der Waals surface area contributed by atoms with E-state index in [2.05, 4.69) is 43.5 Å². The van der Waals surface area contributed by atoms with E-state index in [9.17, 15) is 19.8 Å². The second kappa shape index (κ2) is 58.9. The largest absolute Gasteiger partial charge is 0.466 e. The zero-order valence-electron chi connectivity index (χ0n) is 46.6. The molecule has 0 rings (SSSR count). The van der Waals surface area contributed by atoms with Gasteiger partial charge in [-0.25, -0.2) is 0 Å². The Morgan fingerprint density at radius 2 is 0.725 bits per heavy atom. The molecule has 0 aliphatic rings. The Morgan fingerprint density at radius 3 is 1.10 bits per heavy atom. The second-order valence-electron chi connectivity index (χ2n) is 21.4. The van der Waals surface area contributed by atoms with Gasteiger partial charge in [-0.1, -0.05) is 295 Å². The van der Waals surface area contributed by atoms with Crippen molar-refractivity contribution >= 4 is 11.9 Å². The number of hydrogen-bond acceptors (Lipinski definition) is 5. The molecule has 69 heavy (non-hydrogen) atoms. The molecule has 0 aromatic heterocycles. The van der Waals surface area contributed by atoms with Gasteiger partial charge in [0.1, 0.15) is 0 Å². The van der Waals surface area contributed by atoms with Gasteiger partial charge in [-0.2, -0.15) is 0 Å². The first-order valence-corrected chi connectivity index (χ1v) is 31.1. The molecule has 0 saturated heterocycles. The summed E-state index contributed by atoms with van der Waals surface area (Å²) < 4.78 is 5.49. The van der Waals surface area contributed by atoms with Crippen LogP contribution >= 0.6 is 0 Å². The van der Waals surface area contributed by atoms with Crippen LogP contribution in [0, 0.1) is 0 Å². The molecule has 2 atom stereocenters. The summed E-state index contributed by atoms with van der Waals surface area (Å²) in [6.45, 7) is 4.96. The van der Waals surface area contributed by atoms with E-state index in [1.165, 1.54) is 257 Å². The van der Waals surface area contributed by atoms with Crippen LogP contribution in [0.4, 0.5) is 0 Å². The minimum atomic E-state index is -0.669. The molecule has 408 valence electrons. The Kier molecular flexibility index (Phi) is 57.5. The number of carbonyl (C=O) groups is 2. The van der Waals surface area contributed by atoms with Crippen molar-refractivity contribution in [1.29, 1.82) is 0 Å². The van der Waals surface area contributed by atoms with Crippen LogP contribution in [0.2, 0.25) is 0 Å². The number of rotatable bonds is 58. The number of amides is 1. The molecule has 6 heteroatoms. The minimum Gasteiger partial charge on any atom is -0.466 e. The molecular formula is C63H121NO5. The van der Waals surface area contributed by atoms with E-state index in [4.69, 9.17) is 4.74 Å². The number of nitrogens with one attached hydrogen (secondary N) is 1. The van der Waals surface area contributed by atoms with Gasteiger partial charge in [0.2, 0.25) is 5.91 Å². The van der Waals surface area contributed by atoms with Crippen LogP contribution in [0.5, 0.6) is 0 Å². The number of esters is 1. The first kappa shape index (κ1) is 67.3. The molecular weight excluding hydrogens is 851 g/mol. The maximum absolute atomic E-state index is 12.4. The van der Waals surface area contributed by atoms with Crippen LogP contribution in [0.1, 0.15) is 341 Å². The average molecular weight is 973 g/mol. The molecule has 0 aliphatic heterocycles. The third-order valence-corrected chi connectivity index (χ3v) is 14.5. The molecule has 0 aromatic rings. The van der Waals surface area contributed by atoms with Gasteiger partial charge < -0.3 is 20.3 Å². The summed E-state index contributed by atoms with van der Waals surface area (Å²) in [4.78, 5) is 24.5. The molecule has 0 radical (unpaired) electrons. The zero-order chi connectivity index (χ0) is 50.0. The van der Waals surface area contributed by atoms with Gasteiger partial charge in [0.15, 0.2) is 0 Å². The maximum atomic E-state index is 12.4. The number of aliphatic hydroxyl groups is 2. The fraction of sp³-hybridized carbons (Fsp3) is 0.905. The van der Waals surface area contributed by atoms with E-state index >= 15 is 0 Å². The van der Waals surface area contributed by atoms with Crippen LogP contribution in [0.15, 0.2) is 24.3 Å². The lowest BCUT2D eigenvalue weighted by Gasteiger charge is -2.22. The summed E-state index contributed by atoms with van der Waals surface area (Å²) in [7, 11) is 0. The van der Waals surface area contributed by atoms with Gasteiger partial charge >= 0.3 is 5.97 Å². The summed E-state index contributed by atoms with van der Waals surface area (Å²) in [5.41, 5.74) is 0. The summed E-state index contributed by atoms with van der Waals surface area (Å²) in [5, 5.41) is 23.2. The van der Waals surface area contributed by atoms with Crippen molar-refractivity contribution in [1.82, 2.24) is 5.32 Å². The van der Waals surface area contributed by atoms with Gasteiger partial charge in [0, 0.05) is 12.8 Å². The molecule has 0 saturated carbocycles. The van der Waals surface area contributed by atoms with Crippen LogP contribution in [0.3, 0.4) is 0 Å². The lowest BCUT2D eigenvalue weighted by molar-refractivity contribution is -0.143. The normalized spacial score (nSPS) is 12.7. The SMILES string of the molecule is CCCCCCCCCCCCCCCCCCCC(=O)OCCCCCCCCCCC/C=C\C/C=C\CCCCCCCCCC(=O)NC(CO)C(O)CCCCCCCCCCCCCC. The standard InChI is InChI=1S/C63H121NO5/c1-3-5-7-9-11-13-15-17-18-26-30-33-37-41-45-49-53-57-63(68)69-58-54-50-46-42-38-34-31-28-25-23-21-19-20-22-24-27-29-32-36-40-44-48-52-56-62(67)64-60(59-65)61(66)55-51-47-43-39-35-16-14-12-10-8-6-4-2/h19,21-22,24,60-61,65-66H,3-18,20,23,25-59H2,1-2H3,(H,64,67)/b21-19-,24-22-. The third kappa shape index (κ3) is 55.5. The summed E-state index contributed by atoms with van der Waals surface area (Å²) in [5.74, 6) is -0.0337. The molecule has 6 nitrogen and oxygen atoms in total. The number of ether oxygens (including phenoxy) is 1. The van der Waals surface area contributed by atoms with Crippen molar-refractivity contribution < 1.29 is 24.5 Å². The highest BCUT2D eigenvalue weighted by Crippen LogP contribution is 2.18. The lowest BCUT2D eigenvalue weighted by Crippen LogP contribution is -2.45. The highest BCUT2D eigenvalue weighted by Gasteiger charge is 2.20. The van der Waals surface area contributed by atoms with Crippen molar-refractivity contribution in [2.75, 3.05) is 13.2 Å². The molecule has 0 bridgehead atoms. The molecule has 0 aromatic carbocycles. The number of unbranched alkanes of at least 4 members (excludes halogenated alkanes) is 43. The molecule has 0 fully saturated rings. The Morgan fingerprint density at radius 1 is 0.406 bits per heavy atom. The van der Waals surface area contributed by atoms with Gasteiger partial charge in [-0.05, 0) is 57.8 Å². The van der Waals surface area contributed by atoms with Crippen LogP contribution in [0.25, 0.3) is 0 Å². The average Bonchev–Trinajstić information content (AvgIpc) is 3.35. The first-order valence-electron chi connectivity index (χ1n) is 31.1. The van der Waals surface area contributed by atoms with Crippen molar-refractivity contribution in [3.63, 3.8) is 0 Å². The Labute approximate surface area is 431 Å². The number of hydrogen-bond donors (Lipinski definition) is 3. The van der Waals surface area contributed by atoms with Crippen LogP contribution < -0.4 is 5.32 Å². The highest BCUT2D eigenvalue weighted by molar-refractivity contribution is 5.76. The summed E-state index contributed by atoms with van der Waals surface area (Å²) in [6, 6.07) is -0.548. The Balaban J connectivity index is 3.41. The van der Waals surface area contributed by atoms with Crippen LogP contribution in [-0.2, 0) is 14.3 Å². The van der Waals surface area contributed by atoms with Gasteiger partial charge in [0.25, 0.3) is 0 Å². The first-order chi connectivity index (χ1) is 34.0. The smallest absolute Gasteiger partial charge is 0.305 e. The van der Waals surface area contributed by atoms with Gasteiger partial charge in [-0.15, -0.1) is 0 Å². The fourth-order valence-electron chi connectivity index (χ4n) is 9.73. The Bertz CT molecular complexity index is 1080. The van der Waals surface area contributed by atoms with E-state index in [1.54, 1.807) is 0 Å². The number of allylic oxidation sites excluding steroid dienone is 4. The molecule has 0 heterocycles. The topological polar surface area (TPSA) is 95.9 Å². The van der Waals surface area contributed by atoms with E-state index in [-0.39, 0.29) is 18.5 Å². The predicted octanol–water partition coefficient (Wildman–Crippen LogP) is 19.4. The summed E-state index contributed by atoms with van der Waals surface area (Å²) in [6.07, 6.45) is 71.9. The monoisotopic (exact) mass is 972 g/mol. The van der Waals surface area contributed by atoms with Crippen molar-refractivity contribution in [3.8, 4) is 0 Å². The second-order valence-corrected chi connectivity index (χ2v) is 21.4. The number of aliphatic hydroxyl groups excluding tert-OH is 2. The van der Waals surface area contributed by atoms with E-state index in [0.717, 1.165) is 51.4 Å². The van der Waals surface area contributed by atoms with Crippen LogP contribution in [-0.4, -0.2) is 47.4 Å². The third-order valence-electron chi connectivity index (χ3n) is 14.5. The van der Waals surface area contributed by atoms with Crippen molar-refractivity contribution in [3.05, 3.63) is 24.3 Å². The van der Waals surface area contributed by atoms with E-state index in [1.807, 2.05) is 0 Å². The molecule has 2 unspecified atom stereocenters. The number of carbonyl (C=O) groups excluding carboxylic acids is 2. The molecule has 1 amide bonds. The van der Waals surface area contributed by atoms with Crippen molar-refractivity contribution in [2.45, 2.75) is 353 Å². The van der Waals surface area contributed by atoms with E-state index in [0.29, 0.717) is 25.9 Å². The predicted molar refractivity (Wildman–Crippen MR) is 301 cm³/mol. The summed E-state index contributed by atoms with van der Waals surface area (Å²) >= 11 is 0. The van der Waals surface area contributed by atoms with E-state index < -0.39 is 12.1 Å². The van der Waals surface area contributed by atoms with Gasteiger partial charge in [0.05, 0.1) is 25.4 Å². The molecule has 0 spiro atoms. The zero-order valence-corrected chi connectivity index (χ0v) is 46.6. The Hall–Kier alpha value is -1.66. The molecule has 3 N–H and O–H groups in total. The highest BCUT2D eigenvalue weighted by atomic mass is 16.5. The molecule has 0 aliphatic carbocycles. The van der Waals surface area contributed by atoms with Crippen molar-refractivity contribution in [2.24, 2.45) is 0 Å². The quantitative estimate of drug-likeness (QED) is 0.0321. The maximum Gasteiger partial charge on any atom is 0.305 e. The lowest BCUT2D eigenvalue weighted by atomic mass is 10.0. The van der Waals surface area contributed by atoms with Gasteiger partial charge in [-0.3, -0.25) is 9.59 Å². The minimum absolute atomic E-state index is 0.0113. The fourth-order valence-corrected chi connectivity index (χ4v) is 9.73.